The van der Waals surface area contributed by atoms with Crippen LogP contribution in [0.5, 0.6) is 0 Å². The third-order valence-corrected chi connectivity index (χ3v) is 6.51. The highest BCUT2D eigenvalue weighted by Crippen LogP contribution is 2.35. The SMILES string of the molecule is Cn1nnc(-c2ccc3c(c2)CN(C(CCC(=O)OC(C)(C)C)C(N)=O)C3=O)c1-c1ccc2occc2c1. The Morgan fingerprint density at radius 2 is 1.89 bits per heavy atom. The van der Waals surface area contributed by atoms with Crippen molar-refractivity contribution in [1.29, 1.82) is 0 Å². The van der Waals surface area contributed by atoms with E-state index in [0.29, 0.717) is 11.3 Å². The molecule has 196 valence electrons. The minimum absolute atomic E-state index is 0.0276. The fraction of sp³-hybridized carbons (Fsp3) is 0.321. The van der Waals surface area contributed by atoms with Gasteiger partial charge in [-0.2, -0.15) is 0 Å². The maximum atomic E-state index is 13.2. The maximum absolute atomic E-state index is 13.2. The zero-order valence-electron chi connectivity index (χ0n) is 21.7. The number of esters is 1. The van der Waals surface area contributed by atoms with Crippen molar-refractivity contribution in [3.05, 3.63) is 59.9 Å². The molecule has 10 nitrogen and oxygen atoms in total. The van der Waals surface area contributed by atoms with E-state index < -0.39 is 23.5 Å². The molecule has 3 heterocycles. The second-order valence-electron chi connectivity index (χ2n) is 10.4. The Hall–Kier alpha value is -4.47. The molecule has 4 aromatic rings. The van der Waals surface area contributed by atoms with E-state index >= 15 is 0 Å². The molecule has 2 N–H and O–H groups in total. The number of aromatic nitrogens is 3. The van der Waals surface area contributed by atoms with E-state index in [1.807, 2.05) is 43.4 Å². The van der Waals surface area contributed by atoms with Gasteiger partial charge in [0.25, 0.3) is 5.91 Å². The van der Waals surface area contributed by atoms with E-state index in [9.17, 15) is 14.4 Å². The molecule has 1 aliphatic heterocycles. The molecule has 0 spiro atoms. The number of furan rings is 1. The summed E-state index contributed by atoms with van der Waals surface area (Å²) in [6.45, 7) is 5.51. The summed E-state index contributed by atoms with van der Waals surface area (Å²) in [6, 6.07) is 12.3. The number of primary amides is 1. The number of fused-ring (bicyclic) bond motifs is 2. The van der Waals surface area contributed by atoms with Crippen molar-refractivity contribution in [2.24, 2.45) is 12.8 Å². The standard InChI is InChI=1S/C28H29N5O5/c1-28(2,3)38-23(34)10-8-21(26(29)35)33-15-19-14-17(5-7-20(19)27(33)36)24-25(32(4)31-30-24)18-6-9-22-16(13-18)11-12-37-22/h5-7,9,11-14,21H,8,10,15H2,1-4H3,(H2,29,35). The average molecular weight is 516 g/mol. The Morgan fingerprint density at radius 3 is 2.63 bits per heavy atom. The molecule has 2 aromatic heterocycles. The molecule has 2 amide bonds. The number of hydrogen-bond acceptors (Lipinski definition) is 7. The van der Waals surface area contributed by atoms with Gasteiger partial charge < -0.3 is 19.8 Å². The molecule has 0 saturated heterocycles. The number of hydrogen-bond donors (Lipinski definition) is 1. The molecule has 5 rings (SSSR count). The number of nitrogens with zero attached hydrogens (tertiary/aromatic N) is 4. The molecule has 2 aromatic carbocycles. The first-order chi connectivity index (χ1) is 18.0. The third kappa shape index (κ3) is 4.77. The van der Waals surface area contributed by atoms with Gasteiger partial charge >= 0.3 is 5.97 Å². The van der Waals surface area contributed by atoms with E-state index in [-0.39, 0.29) is 25.3 Å². The second kappa shape index (κ2) is 9.44. The molecule has 0 saturated carbocycles. The smallest absolute Gasteiger partial charge is 0.306 e. The summed E-state index contributed by atoms with van der Waals surface area (Å²) in [5.74, 6) is -1.41. The molecule has 1 aliphatic rings. The molecule has 0 bridgehead atoms. The van der Waals surface area contributed by atoms with Crippen molar-refractivity contribution < 1.29 is 23.5 Å². The van der Waals surface area contributed by atoms with Crippen LogP contribution in [0.15, 0.2) is 53.1 Å². The molecule has 1 unspecified atom stereocenters. The monoisotopic (exact) mass is 515 g/mol. The van der Waals surface area contributed by atoms with Gasteiger partial charge in [0.2, 0.25) is 5.91 Å². The van der Waals surface area contributed by atoms with Gasteiger partial charge in [-0.1, -0.05) is 11.3 Å². The van der Waals surface area contributed by atoms with Crippen LogP contribution in [0.25, 0.3) is 33.5 Å². The van der Waals surface area contributed by atoms with Gasteiger partial charge in [-0.05, 0) is 69.2 Å². The lowest BCUT2D eigenvalue weighted by atomic mass is 10.00. The van der Waals surface area contributed by atoms with Gasteiger partial charge in [-0.15, -0.1) is 5.10 Å². The first kappa shape index (κ1) is 25.2. The number of amides is 2. The summed E-state index contributed by atoms with van der Waals surface area (Å²) < 4.78 is 12.5. The molecule has 0 aliphatic carbocycles. The van der Waals surface area contributed by atoms with Crippen molar-refractivity contribution in [3.8, 4) is 22.5 Å². The predicted octanol–water partition coefficient (Wildman–Crippen LogP) is 3.83. The molecular weight excluding hydrogens is 486 g/mol. The van der Waals surface area contributed by atoms with Crippen molar-refractivity contribution in [1.82, 2.24) is 19.9 Å². The fourth-order valence-corrected chi connectivity index (χ4v) is 4.83. The zero-order chi connectivity index (χ0) is 27.2. The van der Waals surface area contributed by atoms with Gasteiger partial charge in [-0.25, -0.2) is 4.68 Å². The Bertz CT molecular complexity index is 1560. The normalized spacial score (nSPS) is 14.1. The molecule has 38 heavy (non-hydrogen) atoms. The van der Waals surface area contributed by atoms with Crippen LogP contribution in [0.3, 0.4) is 0 Å². The van der Waals surface area contributed by atoms with Crippen LogP contribution in [-0.2, 0) is 27.9 Å². The number of nitrogens with two attached hydrogens (primary N) is 1. The topological polar surface area (TPSA) is 134 Å². The Labute approximate surface area is 219 Å². The molecule has 10 heteroatoms. The van der Waals surface area contributed by atoms with Crippen LogP contribution in [0, 0.1) is 0 Å². The summed E-state index contributed by atoms with van der Waals surface area (Å²) in [4.78, 5) is 39.1. The fourth-order valence-electron chi connectivity index (χ4n) is 4.83. The highest BCUT2D eigenvalue weighted by molar-refractivity contribution is 6.01. The van der Waals surface area contributed by atoms with E-state index in [4.69, 9.17) is 14.9 Å². The summed E-state index contributed by atoms with van der Waals surface area (Å²) in [5.41, 5.74) is 10.2. The highest BCUT2D eigenvalue weighted by atomic mass is 16.6. The van der Waals surface area contributed by atoms with E-state index in [2.05, 4.69) is 10.3 Å². The predicted molar refractivity (Wildman–Crippen MR) is 140 cm³/mol. The minimum atomic E-state index is -0.931. The number of carbonyl (C=O) groups is 3. The molecular formula is C28H29N5O5. The van der Waals surface area contributed by atoms with Gasteiger partial charge in [0.05, 0.1) is 12.0 Å². The first-order valence-corrected chi connectivity index (χ1v) is 12.3. The Morgan fingerprint density at radius 1 is 1.13 bits per heavy atom. The lowest BCUT2D eigenvalue weighted by Gasteiger charge is -2.25. The van der Waals surface area contributed by atoms with Gasteiger partial charge in [0.15, 0.2) is 0 Å². The van der Waals surface area contributed by atoms with E-state index in [1.54, 1.807) is 37.8 Å². The van der Waals surface area contributed by atoms with Crippen molar-refractivity contribution >= 4 is 28.8 Å². The number of aryl methyl sites for hydroxylation is 1. The lowest BCUT2D eigenvalue weighted by molar-refractivity contribution is -0.155. The van der Waals surface area contributed by atoms with Crippen LogP contribution in [-0.4, -0.2) is 49.3 Å². The number of benzene rings is 2. The van der Waals surface area contributed by atoms with Crippen LogP contribution in [0.1, 0.15) is 49.5 Å². The van der Waals surface area contributed by atoms with Crippen LogP contribution < -0.4 is 5.73 Å². The first-order valence-electron chi connectivity index (χ1n) is 12.3. The maximum Gasteiger partial charge on any atom is 0.306 e. The highest BCUT2D eigenvalue weighted by Gasteiger charge is 2.36. The van der Waals surface area contributed by atoms with Gasteiger partial charge in [0.1, 0.15) is 22.9 Å². The Balaban J connectivity index is 1.41. The molecule has 0 radical (unpaired) electrons. The number of ether oxygens (including phenoxy) is 1. The summed E-state index contributed by atoms with van der Waals surface area (Å²) >= 11 is 0. The van der Waals surface area contributed by atoms with Crippen LogP contribution >= 0.6 is 0 Å². The van der Waals surface area contributed by atoms with E-state index in [1.165, 1.54) is 4.90 Å². The van der Waals surface area contributed by atoms with Crippen LogP contribution in [0.2, 0.25) is 0 Å². The van der Waals surface area contributed by atoms with Crippen molar-refractivity contribution in [2.75, 3.05) is 0 Å². The third-order valence-electron chi connectivity index (χ3n) is 6.51. The quantitative estimate of drug-likeness (QED) is 0.370. The average Bonchev–Trinajstić information content (AvgIpc) is 3.54. The molecule has 0 fully saturated rings. The van der Waals surface area contributed by atoms with Crippen LogP contribution in [0.4, 0.5) is 0 Å². The largest absolute Gasteiger partial charge is 0.464 e. The van der Waals surface area contributed by atoms with Gasteiger partial charge in [-0.3, -0.25) is 14.4 Å². The summed E-state index contributed by atoms with van der Waals surface area (Å²) in [7, 11) is 1.83. The lowest BCUT2D eigenvalue weighted by Crippen LogP contribution is -2.45. The van der Waals surface area contributed by atoms with E-state index in [0.717, 1.165) is 33.4 Å². The summed E-state index contributed by atoms with van der Waals surface area (Å²) in [5, 5.41) is 9.61. The van der Waals surface area contributed by atoms with Crippen molar-refractivity contribution in [2.45, 2.75) is 51.8 Å². The number of rotatable bonds is 7. The second-order valence-corrected chi connectivity index (χ2v) is 10.4. The summed E-state index contributed by atoms with van der Waals surface area (Å²) in [6.07, 6.45) is 1.70. The Kier molecular flexibility index (Phi) is 6.26. The number of carbonyl (C=O) groups excluding carboxylic acids is 3. The van der Waals surface area contributed by atoms with Gasteiger partial charge in [0, 0.05) is 42.1 Å². The minimum Gasteiger partial charge on any atom is -0.464 e. The van der Waals surface area contributed by atoms with Crippen molar-refractivity contribution in [3.63, 3.8) is 0 Å². The molecule has 1 atom stereocenters. The zero-order valence-corrected chi connectivity index (χ0v) is 21.7.